The molecule has 0 radical (unpaired) electrons. The minimum atomic E-state index is 0.625. The van der Waals surface area contributed by atoms with Crippen LogP contribution in [0.1, 0.15) is 5.56 Å². The van der Waals surface area contributed by atoms with Crippen LogP contribution >= 0.6 is 11.6 Å². The molecule has 0 amide bonds. The zero-order valence-corrected chi connectivity index (χ0v) is 15.2. The lowest BCUT2D eigenvalue weighted by Crippen LogP contribution is -1.99. The molecule has 2 aromatic carbocycles. The van der Waals surface area contributed by atoms with Gasteiger partial charge in [0.2, 0.25) is 5.78 Å². The number of aromatic nitrogens is 3. The molecule has 1 N–H and O–H groups in total. The fourth-order valence-corrected chi connectivity index (χ4v) is 3.00. The molecule has 5 nitrogen and oxygen atoms in total. The van der Waals surface area contributed by atoms with Gasteiger partial charge in [-0.2, -0.15) is 0 Å². The highest BCUT2D eigenvalue weighted by Gasteiger charge is 2.16. The first-order chi connectivity index (χ1) is 12.7. The number of nitrogens with one attached hydrogen (secondary N) is 1. The monoisotopic (exact) mass is 364 g/mol. The summed E-state index contributed by atoms with van der Waals surface area (Å²) >= 11 is 6.27. The van der Waals surface area contributed by atoms with Crippen molar-refractivity contribution in [2.24, 2.45) is 0 Å². The molecule has 0 spiro atoms. The maximum atomic E-state index is 6.27. The van der Waals surface area contributed by atoms with Gasteiger partial charge in [0, 0.05) is 28.7 Å². The van der Waals surface area contributed by atoms with E-state index in [4.69, 9.17) is 21.3 Å². The zero-order valence-electron chi connectivity index (χ0n) is 14.4. The fourth-order valence-electron chi connectivity index (χ4n) is 2.83. The van der Waals surface area contributed by atoms with Gasteiger partial charge in [-0.05, 0) is 55.0 Å². The Morgan fingerprint density at radius 1 is 1.08 bits per heavy atom. The summed E-state index contributed by atoms with van der Waals surface area (Å²) in [6.07, 6.45) is 3.67. The summed E-state index contributed by atoms with van der Waals surface area (Å²) in [5, 5.41) is 4.19. The molecule has 4 aromatic rings. The summed E-state index contributed by atoms with van der Waals surface area (Å²) in [5.74, 6) is 2.26. The van der Waals surface area contributed by atoms with Gasteiger partial charge in [0.1, 0.15) is 17.3 Å². The predicted molar refractivity (Wildman–Crippen MR) is 104 cm³/mol. The first kappa shape index (κ1) is 16.4. The number of rotatable bonds is 4. The Morgan fingerprint density at radius 2 is 1.88 bits per heavy atom. The van der Waals surface area contributed by atoms with Crippen molar-refractivity contribution in [2.75, 3.05) is 12.4 Å². The molecule has 2 aromatic heterocycles. The number of methoxy groups -OCH3 is 1. The molecule has 0 bridgehead atoms. The van der Waals surface area contributed by atoms with Crippen molar-refractivity contribution in [3.8, 4) is 17.0 Å². The van der Waals surface area contributed by atoms with E-state index in [0.717, 1.165) is 34.1 Å². The van der Waals surface area contributed by atoms with E-state index in [1.807, 2.05) is 66.1 Å². The summed E-state index contributed by atoms with van der Waals surface area (Å²) in [7, 11) is 1.65. The molecule has 0 fully saturated rings. The molecule has 4 rings (SSSR count). The minimum Gasteiger partial charge on any atom is -0.497 e. The minimum absolute atomic E-state index is 0.625. The molecule has 0 atom stereocenters. The number of ether oxygens (including phenoxy) is 1. The van der Waals surface area contributed by atoms with Gasteiger partial charge in [-0.3, -0.25) is 4.40 Å². The average molecular weight is 365 g/mol. The van der Waals surface area contributed by atoms with Crippen molar-refractivity contribution >= 4 is 28.9 Å². The number of fused-ring (bicyclic) bond motifs is 1. The number of nitrogens with zero attached hydrogens (tertiary/aromatic N) is 3. The normalized spacial score (nSPS) is 10.9. The maximum absolute atomic E-state index is 6.27. The third-order valence-corrected chi connectivity index (χ3v) is 4.70. The van der Waals surface area contributed by atoms with Crippen LogP contribution < -0.4 is 10.1 Å². The second-order valence-corrected chi connectivity index (χ2v) is 6.27. The van der Waals surface area contributed by atoms with E-state index >= 15 is 0 Å². The Morgan fingerprint density at radius 3 is 2.65 bits per heavy atom. The van der Waals surface area contributed by atoms with Crippen molar-refractivity contribution in [1.29, 1.82) is 0 Å². The highest BCUT2D eigenvalue weighted by atomic mass is 35.5. The molecular weight excluding hydrogens is 348 g/mol. The van der Waals surface area contributed by atoms with Gasteiger partial charge in [0.15, 0.2) is 0 Å². The van der Waals surface area contributed by atoms with Crippen molar-refractivity contribution in [1.82, 2.24) is 14.4 Å². The highest BCUT2D eigenvalue weighted by molar-refractivity contribution is 6.31. The standard InChI is InChI=1S/C20H17ClN4O/c1-13-16(21)5-3-6-17(13)23-19-18(14-7-9-15(26-2)10-8-14)24-20-22-11-4-12-25(19)20/h3-12,23H,1-2H3. The lowest BCUT2D eigenvalue weighted by Gasteiger charge is -2.12. The Balaban J connectivity index is 1.87. The van der Waals surface area contributed by atoms with Crippen molar-refractivity contribution in [3.05, 3.63) is 71.5 Å². The Hall–Kier alpha value is -3.05. The number of hydrogen-bond acceptors (Lipinski definition) is 4. The van der Waals surface area contributed by atoms with Crippen LogP contribution in [0.2, 0.25) is 5.02 Å². The SMILES string of the molecule is COc1ccc(-c2nc3ncccn3c2Nc2cccc(Cl)c2C)cc1. The second-order valence-electron chi connectivity index (χ2n) is 5.86. The predicted octanol–water partition coefficient (Wildman–Crippen LogP) is 5.11. The third kappa shape index (κ3) is 2.86. The molecular formula is C20H17ClN4O. The Bertz CT molecular complexity index is 1070. The van der Waals surface area contributed by atoms with E-state index < -0.39 is 0 Å². The second kappa shape index (κ2) is 6.69. The first-order valence-electron chi connectivity index (χ1n) is 8.17. The van der Waals surface area contributed by atoms with E-state index in [0.29, 0.717) is 10.8 Å². The van der Waals surface area contributed by atoms with E-state index in [2.05, 4.69) is 10.3 Å². The van der Waals surface area contributed by atoms with E-state index in [-0.39, 0.29) is 0 Å². The van der Waals surface area contributed by atoms with Crippen LogP contribution in [0.5, 0.6) is 5.75 Å². The maximum Gasteiger partial charge on any atom is 0.235 e. The molecule has 0 aliphatic rings. The van der Waals surface area contributed by atoms with Gasteiger partial charge >= 0.3 is 0 Å². The average Bonchev–Trinajstić information content (AvgIpc) is 3.04. The van der Waals surface area contributed by atoms with Crippen LogP contribution in [-0.2, 0) is 0 Å². The molecule has 0 aliphatic heterocycles. The molecule has 6 heteroatoms. The number of benzene rings is 2. The smallest absolute Gasteiger partial charge is 0.235 e. The van der Waals surface area contributed by atoms with Crippen LogP contribution in [-0.4, -0.2) is 21.5 Å². The van der Waals surface area contributed by atoms with E-state index in [9.17, 15) is 0 Å². The van der Waals surface area contributed by atoms with Gasteiger partial charge in [-0.1, -0.05) is 17.7 Å². The largest absolute Gasteiger partial charge is 0.497 e. The third-order valence-electron chi connectivity index (χ3n) is 4.29. The van der Waals surface area contributed by atoms with Crippen molar-refractivity contribution < 1.29 is 4.74 Å². The number of halogens is 1. The molecule has 0 unspecified atom stereocenters. The summed E-state index contributed by atoms with van der Waals surface area (Å²) in [6.45, 7) is 1.99. The summed E-state index contributed by atoms with van der Waals surface area (Å²) in [4.78, 5) is 9.07. The van der Waals surface area contributed by atoms with Crippen LogP contribution in [0.4, 0.5) is 11.5 Å². The molecule has 0 saturated heterocycles. The number of imidazole rings is 1. The quantitative estimate of drug-likeness (QED) is 0.546. The number of hydrogen-bond donors (Lipinski definition) is 1. The Labute approximate surface area is 156 Å². The molecule has 26 heavy (non-hydrogen) atoms. The van der Waals surface area contributed by atoms with Crippen LogP contribution in [0, 0.1) is 6.92 Å². The van der Waals surface area contributed by atoms with Crippen LogP contribution in [0.15, 0.2) is 60.9 Å². The van der Waals surface area contributed by atoms with Crippen molar-refractivity contribution in [3.63, 3.8) is 0 Å². The molecule has 2 heterocycles. The van der Waals surface area contributed by atoms with Crippen molar-refractivity contribution in [2.45, 2.75) is 6.92 Å². The topological polar surface area (TPSA) is 51.5 Å². The highest BCUT2D eigenvalue weighted by Crippen LogP contribution is 2.33. The zero-order chi connectivity index (χ0) is 18.1. The van der Waals surface area contributed by atoms with Gasteiger partial charge < -0.3 is 10.1 Å². The van der Waals surface area contributed by atoms with E-state index in [1.54, 1.807) is 13.3 Å². The van der Waals surface area contributed by atoms with Crippen LogP contribution in [0.25, 0.3) is 17.0 Å². The summed E-state index contributed by atoms with van der Waals surface area (Å²) < 4.78 is 7.18. The molecule has 0 saturated carbocycles. The van der Waals surface area contributed by atoms with E-state index in [1.165, 1.54) is 0 Å². The van der Waals surface area contributed by atoms with Gasteiger partial charge in [-0.25, -0.2) is 9.97 Å². The lowest BCUT2D eigenvalue weighted by molar-refractivity contribution is 0.415. The van der Waals surface area contributed by atoms with Gasteiger partial charge in [0.25, 0.3) is 0 Å². The number of anilines is 2. The first-order valence-corrected chi connectivity index (χ1v) is 8.55. The lowest BCUT2D eigenvalue weighted by atomic mass is 10.1. The van der Waals surface area contributed by atoms with Gasteiger partial charge in [-0.15, -0.1) is 0 Å². The summed E-state index contributed by atoms with van der Waals surface area (Å²) in [6, 6.07) is 15.5. The Kier molecular flexibility index (Phi) is 4.22. The molecule has 0 aliphatic carbocycles. The van der Waals surface area contributed by atoms with Gasteiger partial charge in [0.05, 0.1) is 7.11 Å². The summed E-state index contributed by atoms with van der Waals surface area (Å²) in [5.41, 5.74) is 3.69. The fraction of sp³-hybridized carbons (Fsp3) is 0.100. The molecule has 130 valence electrons. The van der Waals surface area contributed by atoms with Crippen LogP contribution in [0.3, 0.4) is 0 Å².